The molecule has 0 unspecified atom stereocenters. The maximum atomic E-state index is 2.35. The van der Waals surface area contributed by atoms with Crippen LogP contribution in [0.15, 0.2) is 0 Å². The monoisotopic (exact) mass is 184 g/mol. The Labute approximate surface area is 83.9 Å². The van der Waals surface area contributed by atoms with Gasteiger partial charge in [-0.2, -0.15) is 0 Å². The van der Waals surface area contributed by atoms with Gasteiger partial charge in [0.1, 0.15) is 19.8 Å². The van der Waals surface area contributed by atoms with Crippen molar-refractivity contribution in [2.75, 3.05) is 13.6 Å². The summed E-state index contributed by atoms with van der Waals surface area (Å²) in [7, 11) is 2.20. The lowest BCUT2D eigenvalue weighted by Gasteiger charge is -1.97. The zero-order valence-corrected chi connectivity index (χ0v) is 9.68. The molecule has 0 bridgehead atoms. The third-order valence-corrected chi connectivity index (χ3v) is 2.36. The van der Waals surface area contributed by atoms with Gasteiger partial charge in [-0.25, -0.2) is 4.58 Å². The molecule has 0 fully saturated rings. The number of nitrogens with zero attached hydrogens (tertiary/aromatic N) is 1. The Morgan fingerprint density at radius 2 is 1.62 bits per heavy atom. The summed E-state index contributed by atoms with van der Waals surface area (Å²) in [4.78, 5) is 0. The minimum absolute atomic E-state index is 1.24. The van der Waals surface area contributed by atoms with Crippen LogP contribution in [-0.4, -0.2) is 24.4 Å². The molecule has 0 aliphatic carbocycles. The fraction of sp³-hybridized carbons (Fsp3) is 0.917. The van der Waals surface area contributed by atoms with E-state index in [0.29, 0.717) is 0 Å². The minimum Gasteiger partial charge on any atom is -0.242 e. The SMILES string of the molecule is CCCCC=[N+](C)CCCCCC. The van der Waals surface area contributed by atoms with E-state index in [1.54, 1.807) is 0 Å². The van der Waals surface area contributed by atoms with Crippen LogP contribution in [0.5, 0.6) is 0 Å². The van der Waals surface area contributed by atoms with Crippen molar-refractivity contribution >= 4 is 6.21 Å². The summed E-state index contributed by atoms with van der Waals surface area (Å²) in [6.07, 6.45) is 11.7. The first-order valence-corrected chi connectivity index (χ1v) is 5.84. The predicted octanol–water partition coefficient (Wildman–Crippen LogP) is 3.47. The smallest absolute Gasteiger partial charge is 0.142 e. The van der Waals surface area contributed by atoms with E-state index < -0.39 is 0 Å². The summed E-state index contributed by atoms with van der Waals surface area (Å²) < 4.78 is 2.35. The highest BCUT2D eigenvalue weighted by Crippen LogP contribution is 1.98. The summed E-state index contributed by atoms with van der Waals surface area (Å²) in [5.41, 5.74) is 0. The van der Waals surface area contributed by atoms with Crippen molar-refractivity contribution in [3.05, 3.63) is 0 Å². The average Bonchev–Trinajstić information content (AvgIpc) is 2.13. The van der Waals surface area contributed by atoms with Crippen molar-refractivity contribution in [2.24, 2.45) is 0 Å². The van der Waals surface area contributed by atoms with Gasteiger partial charge in [0.2, 0.25) is 0 Å². The van der Waals surface area contributed by atoms with E-state index in [0.717, 1.165) is 0 Å². The van der Waals surface area contributed by atoms with E-state index in [4.69, 9.17) is 0 Å². The highest BCUT2D eigenvalue weighted by molar-refractivity contribution is 5.50. The van der Waals surface area contributed by atoms with Gasteiger partial charge in [-0.15, -0.1) is 0 Å². The van der Waals surface area contributed by atoms with Crippen LogP contribution < -0.4 is 0 Å². The van der Waals surface area contributed by atoms with Gasteiger partial charge < -0.3 is 0 Å². The molecule has 0 saturated carbocycles. The van der Waals surface area contributed by atoms with E-state index in [1.165, 1.54) is 51.5 Å². The van der Waals surface area contributed by atoms with Gasteiger partial charge in [0.05, 0.1) is 0 Å². The number of hydrogen-bond acceptors (Lipinski definition) is 0. The van der Waals surface area contributed by atoms with Gasteiger partial charge in [0.25, 0.3) is 0 Å². The van der Waals surface area contributed by atoms with Crippen molar-refractivity contribution in [3.63, 3.8) is 0 Å². The second-order valence-corrected chi connectivity index (χ2v) is 3.87. The summed E-state index contributed by atoms with van der Waals surface area (Å²) in [5.74, 6) is 0. The van der Waals surface area contributed by atoms with Gasteiger partial charge in [0, 0.05) is 12.8 Å². The quantitative estimate of drug-likeness (QED) is 0.309. The van der Waals surface area contributed by atoms with E-state index >= 15 is 0 Å². The Kier molecular flexibility index (Phi) is 9.51. The molecule has 0 amide bonds. The molecule has 0 rings (SSSR count). The van der Waals surface area contributed by atoms with Crippen LogP contribution in [-0.2, 0) is 0 Å². The van der Waals surface area contributed by atoms with E-state index in [-0.39, 0.29) is 0 Å². The third-order valence-electron chi connectivity index (χ3n) is 2.36. The Morgan fingerprint density at radius 1 is 0.923 bits per heavy atom. The highest BCUT2D eigenvalue weighted by atomic mass is 14.9. The largest absolute Gasteiger partial charge is 0.242 e. The molecule has 0 saturated heterocycles. The Hall–Kier alpha value is -0.330. The lowest BCUT2D eigenvalue weighted by Crippen LogP contribution is -2.08. The van der Waals surface area contributed by atoms with Crippen molar-refractivity contribution in [1.29, 1.82) is 0 Å². The fourth-order valence-corrected chi connectivity index (χ4v) is 1.40. The first-order chi connectivity index (χ1) is 6.31. The molecule has 0 spiro atoms. The molecule has 0 heterocycles. The van der Waals surface area contributed by atoms with Gasteiger partial charge >= 0.3 is 0 Å². The molecular formula is C12H26N+. The standard InChI is InChI=1S/C12H26N/c1-4-6-8-10-12-13(3)11-9-7-5-2/h11H,4-10,12H2,1-3H3/q+1. The molecule has 0 N–H and O–H groups in total. The van der Waals surface area contributed by atoms with Gasteiger partial charge in [-0.1, -0.05) is 33.1 Å². The normalized spacial score (nSPS) is 12.1. The highest BCUT2D eigenvalue weighted by Gasteiger charge is 1.95. The topological polar surface area (TPSA) is 3.01 Å². The van der Waals surface area contributed by atoms with Crippen LogP contribution in [0, 0.1) is 0 Å². The van der Waals surface area contributed by atoms with Crippen LogP contribution in [0.1, 0.15) is 58.8 Å². The Bertz CT molecular complexity index is 127. The second kappa shape index (κ2) is 9.76. The van der Waals surface area contributed by atoms with Gasteiger partial charge in [-0.05, 0) is 12.8 Å². The number of unbranched alkanes of at least 4 members (excludes halogenated alkanes) is 5. The van der Waals surface area contributed by atoms with E-state index in [1.807, 2.05) is 0 Å². The minimum atomic E-state index is 1.24. The molecule has 0 aromatic carbocycles. The second-order valence-electron chi connectivity index (χ2n) is 3.87. The summed E-state index contributed by atoms with van der Waals surface area (Å²) in [6, 6.07) is 0. The maximum Gasteiger partial charge on any atom is 0.142 e. The van der Waals surface area contributed by atoms with Gasteiger partial charge in [-0.3, -0.25) is 0 Å². The van der Waals surface area contributed by atoms with Crippen molar-refractivity contribution in [3.8, 4) is 0 Å². The summed E-state index contributed by atoms with van der Waals surface area (Å²) >= 11 is 0. The molecule has 0 atom stereocenters. The Balaban J connectivity index is 3.27. The molecule has 1 heteroatoms. The molecular weight excluding hydrogens is 158 g/mol. The third kappa shape index (κ3) is 9.59. The van der Waals surface area contributed by atoms with Crippen molar-refractivity contribution < 1.29 is 4.58 Å². The van der Waals surface area contributed by atoms with Crippen LogP contribution in [0.4, 0.5) is 0 Å². The lowest BCUT2D eigenvalue weighted by atomic mass is 10.2. The molecule has 0 aromatic rings. The molecule has 0 aliphatic rings. The summed E-state index contributed by atoms with van der Waals surface area (Å²) in [5, 5.41) is 0. The molecule has 13 heavy (non-hydrogen) atoms. The lowest BCUT2D eigenvalue weighted by molar-refractivity contribution is -0.494. The summed E-state index contributed by atoms with van der Waals surface area (Å²) in [6.45, 7) is 5.75. The average molecular weight is 184 g/mol. The van der Waals surface area contributed by atoms with Crippen molar-refractivity contribution in [2.45, 2.75) is 58.8 Å². The van der Waals surface area contributed by atoms with Gasteiger partial charge in [0.15, 0.2) is 0 Å². The first-order valence-electron chi connectivity index (χ1n) is 5.84. The van der Waals surface area contributed by atoms with Crippen LogP contribution in [0.2, 0.25) is 0 Å². The maximum absolute atomic E-state index is 2.35. The fourth-order valence-electron chi connectivity index (χ4n) is 1.40. The first kappa shape index (κ1) is 12.7. The molecule has 0 aliphatic heterocycles. The molecule has 0 radical (unpaired) electrons. The number of hydrogen-bond donors (Lipinski definition) is 0. The number of rotatable bonds is 8. The zero-order valence-electron chi connectivity index (χ0n) is 9.68. The zero-order chi connectivity index (χ0) is 9.94. The van der Waals surface area contributed by atoms with Crippen LogP contribution in [0.25, 0.3) is 0 Å². The predicted molar refractivity (Wildman–Crippen MR) is 60.8 cm³/mol. The molecule has 78 valence electrons. The van der Waals surface area contributed by atoms with E-state index in [2.05, 4.69) is 31.7 Å². The molecule has 1 nitrogen and oxygen atoms in total. The van der Waals surface area contributed by atoms with Crippen molar-refractivity contribution in [1.82, 2.24) is 0 Å². The Morgan fingerprint density at radius 3 is 2.23 bits per heavy atom. The van der Waals surface area contributed by atoms with E-state index in [9.17, 15) is 0 Å². The van der Waals surface area contributed by atoms with Crippen LogP contribution >= 0.6 is 0 Å². The molecule has 0 aromatic heterocycles. The van der Waals surface area contributed by atoms with Crippen LogP contribution in [0.3, 0.4) is 0 Å².